The van der Waals surface area contributed by atoms with Crippen molar-refractivity contribution < 1.29 is 9.59 Å². The molecule has 1 aromatic carbocycles. The zero-order valence-electron chi connectivity index (χ0n) is 8.32. The van der Waals surface area contributed by atoms with Gasteiger partial charge in [-0.1, -0.05) is 37.3 Å². The van der Waals surface area contributed by atoms with Crippen molar-refractivity contribution in [2.45, 2.75) is 26.2 Å². The van der Waals surface area contributed by atoms with Crippen LogP contribution in [-0.4, -0.2) is 11.6 Å². The smallest absolute Gasteiger partial charge is 0.198 e. The van der Waals surface area contributed by atoms with Gasteiger partial charge in [-0.15, -0.1) is 0 Å². The molecule has 0 fully saturated rings. The molecule has 2 heteroatoms. The van der Waals surface area contributed by atoms with Crippen LogP contribution >= 0.6 is 0 Å². The van der Waals surface area contributed by atoms with E-state index in [4.69, 9.17) is 0 Å². The molecule has 74 valence electrons. The average Bonchev–Trinajstić information content (AvgIpc) is 2.26. The van der Waals surface area contributed by atoms with Crippen molar-refractivity contribution in [2.75, 3.05) is 0 Å². The van der Waals surface area contributed by atoms with Gasteiger partial charge in [0.05, 0.1) is 0 Å². The highest BCUT2D eigenvalue weighted by Gasteiger charge is 2.10. The second-order valence-corrected chi connectivity index (χ2v) is 3.19. The number of aryl methyl sites for hydroxylation is 1. The summed E-state index contributed by atoms with van der Waals surface area (Å²) in [6.45, 7) is 1.71. The van der Waals surface area contributed by atoms with Crippen molar-refractivity contribution in [2.24, 2.45) is 0 Å². The lowest BCUT2D eigenvalue weighted by molar-refractivity contribution is -0.136. The Morgan fingerprint density at radius 1 is 1.07 bits per heavy atom. The van der Waals surface area contributed by atoms with E-state index in [0.29, 0.717) is 19.3 Å². The van der Waals surface area contributed by atoms with Crippen LogP contribution in [0.1, 0.15) is 25.3 Å². The molecular formula is C12H14O2. The van der Waals surface area contributed by atoms with Gasteiger partial charge in [0.15, 0.2) is 11.6 Å². The van der Waals surface area contributed by atoms with E-state index in [0.717, 1.165) is 5.56 Å². The number of benzene rings is 1. The third kappa shape index (κ3) is 3.13. The number of Topliss-reactive ketones (excluding diaryl/α,β-unsaturated/α-hetero) is 2. The predicted octanol–water partition coefficient (Wildman–Crippen LogP) is 2.17. The quantitative estimate of drug-likeness (QED) is 0.667. The zero-order valence-corrected chi connectivity index (χ0v) is 8.32. The molecule has 0 saturated heterocycles. The molecule has 0 aromatic heterocycles. The summed E-state index contributed by atoms with van der Waals surface area (Å²) in [5.74, 6) is -0.516. The lowest BCUT2D eigenvalue weighted by atomic mass is 10.0. The molecule has 0 atom stereocenters. The van der Waals surface area contributed by atoms with Crippen molar-refractivity contribution in [3.8, 4) is 0 Å². The lowest BCUT2D eigenvalue weighted by Crippen LogP contribution is -2.12. The van der Waals surface area contributed by atoms with Gasteiger partial charge in [-0.25, -0.2) is 0 Å². The fraction of sp³-hybridized carbons (Fsp3) is 0.333. The summed E-state index contributed by atoms with van der Waals surface area (Å²) < 4.78 is 0. The molecule has 2 nitrogen and oxygen atoms in total. The van der Waals surface area contributed by atoms with Crippen LogP contribution in [0, 0.1) is 0 Å². The SMILES string of the molecule is CCC(=O)C(=O)CCc1ccccc1. The van der Waals surface area contributed by atoms with Gasteiger partial charge in [-0.2, -0.15) is 0 Å². The molecule has 0 amide bonds. The van der Waals surface area contributed by atoms with Crippen molar-refractivity contribution in [3.05, 3.63) is 35.9 Å². The highest BCUT2D eigenvalue weighted by Crippen LogP contribution is 2.03. The van der Waals surface area contributed by atoms with E-state index in [9.17, 15) is 9.59 Å². The zero-order chi connectivity index (χ0) is 10.4. The van der Waals surface area contributed by atoms with Crippen LogP contribution in [0.2, 0.25) is 0 Å². The summed E-state index contributed by atoms with van der Waals surface area (Å²) in [6.07, 6.45) is 1.30. The second kappa shape index (κ2) is 5.32. The van der Waals surface area contributed by atoms with Gasteiger partial charge in [0.2, 0.25) is 0 Å². The van der Waals surface area contributed by atoms with Gasteiger partial charge in [0.25, 0.3) is 0 Å². The van der Waals surface area contributed by atoms with Crippen molar-refractivity contribution >= 4 is 11.6 Å². The largest absolute Gasteiger partial charge is 0.291 e. The maximum absolute atomic E-state index is 11.2. The van der Waals surface area contributed by atoms with Gasteiger partial charge in [-0.3, -0.25) is 9.59 Å². The molecule has 0 radical (unpaired) electrons. The molecule has 0 saturated carbocycles. The first-order valence-electron chi connectivity index (χ1n) is 4.84. The van der Waals surface area contributed by atoms with Crippen LogP contribution in [0.15, 0.2) is 30.3 Å². The Bertz CT molecular complexity index is 314. The van der Waals surface area contributed by atoms with E-state index in [-0.39, 0.29) is 11.6 Å². The molecule has 0 aliphatic rings. The van der Waals surface area contributed by atoms with E-state index < -0.39 is 0 Å². The number of hydrogen-bond acceptors (Lipinski definition) is 2. The number of carbonyl (C=O) groups is 2. The minimum atomic E-state index is -0.263. The summed E-state index contributed by atoms with van der Waals surface area (Å²) in [6, 6.07) is 9.72. The third-order valence-corrected chi connectivity index (χ3v) is 2.12. The predicted molar refractivity (Wildman–Crippen MR) is 55.1 cm³/mol. The summed E-state index contributed by atoms with van der Waals surface area (Å²) in [5, 5.41) is 0. The Kier molecular flexibility index (Phi) is 4.05. The van der Waals surface area contributed by atoms with Crippen LogP contribution in [0.4, 0.5) is 0 Å². The number of carbonyl (C=O) groups excluding carboxylic acids is 2. The van der Waals surface area contributed by atoms with Crippen LogP contribution in [-0.2, 0) is 16.0 Å². The molecule has 0 aliphatic heterocycles. The summed E-state index contributed by atoms with van der Waals surface area (Å²) in [7, 11) is 0. The topological polar surface area (TPSA) is 34.1 Å². The molecule has 0 bridgehead atoms. The van der Waals surface area contributed by atoms with E-state index in [1.165, 1.54) is 0 Å². The third-order valence-electron chi connectivity index (χ3n) is 2.12. The molecule has 1 aromatic rings. The van der Waals surface area contributed by atoms with Crippen LogP contribution in [0.5, 0.6) is 0 Å². The summed E-state index contributed by atoms with van der Waals surface area (Å²) >= 11 is 0. The molecule has 0 unspecified atom stereocenters. The number of ketones is 2. The van der Waals surface area contributed by atoms with Gasteiger partial charge in [0.1, 0.15) is 0 Å². The highest BCUT2D eigenvalue weighted by atomic mass is 16.2. The van der Waals surface area contributed by atoms with E-state index in [2.05, 4.69) is 0 Å². The lowest BCUT2D eigenvalue weighted by Gasteiger charge is -1.98. The summed E-state index contributed by atoms with van der Waals surface area (Å²) in [4.78, 5) is 22.2. The van der Waals surface area contributed by atoms with Gasteiger partial charge < -0.3 is 0 Å². The standard InChI is InChI=1S/C12H14O2/c1-2-11(13)12(14)9-8-10-6-4-3-5-7-10/h3-7H,2,8-9H2,1H3. The van der Waals surface area contributed by atoms with E-state index in [1.807, 2.05) is 30.3 Å². The Labute approximate surface area is 83.9 Å². The molecule has 14 heavy (non-hydrogen) atoms. The van der Waals surface area contributed by atoms with E-state index in [1.54, 1.807) is 6.92 Å². The average molecular weight is 190 g/mol. The first-order valence-corrected chi connectivity index (χ1v) is 4.84. The Balaban J connectivity index is 2.42. The molecule has 0 N–H and O–H groups in total. The minimum Gasteiger partial charge on any atom is -0.291 e. The molecule has 0 spiro atoms. The van der Waals surface area contributed by atoms with Crippen molar-refractivity contribution in [1.82, 2.24) is 0 Å². The van der Waals surface area contributed by atoms with Gasteiger partial charge in [0, 0.05) is 12.8 Å². The Morgan fingerprint density at radius 3 is 2.29 bits per heavy atom. The van der Waals surface area contributed by atoms with E-state index >= 15 is 0 Å². The minimum absolute atomic E-state index is 0.253. The van der Waals surface area contributed by atoms with Crippen LogP contribution in [0.3, 0.4) is 0 Å². The molecule has 0 aliphatic carbocycles. The van der Waals surface area contributed by atoms with Gasteiger partial charge >= 0.3 is 0 Å². The number of rotatable bonds is 5. The Hall–Kier alpha value is -1.44. The monoisotopic (exact) mass is 190 g/mol. The van der Waals surface area contributed by atoms with Crippen LogP contribution in [0.25, 0.3) is 0 Å². The highest BCUT2D eigenvalue weighted by molar-refractivity contribution is 6.37. The molecular weight excluding hydrogens is 176 g/mol. The molecule has 0 heterocycles. The normalized spacial score (nSPS) is 9.79. The maximum atomic E-state index is 11.2. The maximum Gasteiger partial charge on any atom is 0.198 e. The van der Waals surface area contributed by atoms with Crippen LogP contribution < -0.4 is 0 Å². The summed E-state index contributed by atoms with van der Waals surface area (Å²) in [5.41, 5.74) is 1.10. The van der Waals surface area contributed by atoms with Crippen molar-refractivity contribution in [1.29, 1.82) is 0 Å². The first kappa shape index (κ1) is 10.6. The van der Waals surface area contributed by atoms with Gasteiger partial charge in [-0.05, 0) is 12.0 Å². The first-order chi connectivity index (χ1) is 6.74. The molecule has 1 rings (SSSR count). The second-order valence-electron chi connectivity index (χ2n) is 3.19. The fourth-order valence-corrected chi connectivity index (χ4v) is 1.24. The Morgan fingerprint density at radius 2 is 1.71 bits per heavy atom. The fourth-order valence-electron chi connectivity index (χ4n) is 1.24. The number of hydrogen-bond donors (Lipinski definition) is 0. The van der Waals surface area contributed by atoms with Crippen molar-refractivity contribution in [3.63, 3.8) is 0 Å².